The fourth-order valence-corrected chi connectivity index (χ4v) is 4.20. The van der Waals surface area contributed by atoms with Gasteiger partial charge in [-0.05, 0) is 43.2 Å². The van der Waals surface area contributed by atoms with Crippen LogP contribution in [0.25, 0.3) is 11.0 Å². The number of halogens is 2. The van der Waals surface area contributed by atoms with E-state index in [9.17, 15) is 10.4 Å². The molecular weight excluding hydrogens is 423 g/mol. The molecule has 6 nitrogen and oxygen atoms in total. The lowest BCUT2D eigenvalue weighted by molar-refractivity contribution is 0.0937. The quantitative estimate of drug-likeness (QED) is 0.604. The average Bonchev–Trinajstić information content (AvgIpc) is 3.11. The number of nitrogens with zero attached hydrogens (tertiary/aromatic N) is 4. The minimum Gasteiger partial charge on any atom is -0.489 e. The molecule has 0 spiro atoms. The number of aliphatic hydroxyl groups is 1. The van der Waals surface area contributed by atoms with Crippen LogP contribution in [-0.2, 0) is 6.54 Å². The number of ether oxygens (including phenoxy) is 1. The van der Waals surface area contributed by atoms with Crippen LogP contribution in [0.1, 0.15) is 12.8 Å². The number of nitriles is 1. The topological polar surface area (TPSA) is 74.3 Å². The van der Waals surface area contributed by atoms with Crippen LogP contribution in [0, 0.1) is 17.2 Å². The van der Waals surface area contributed by atoms with Crippen LogP contribution < -0.4 is 9.64 Å². The number of benzene rings is 2. The minimum absolute atomic E-state index is 0.0871. The van der Waals surface area contributed by atoms with Crippen molar-refractivity contribution in [3.05, 3.63) is 52.5 Å². The predicted octanol–water partition coefficient (Wildman–Crippen LogP) is 4.52. The van der Waals surface area contributed by atoms with Gasteiger partial charge in [0.15, 0.2) is 0 Å². The lowest BCUT2D eigenvalue weighted by Gasteiger charge is -2.30. The first-order valence-corrected chi connectivity index (χ1v) is 10.7. The largest absolute Gasteiger partial charge is 0.489 e. The second kappa shape index (κ2) is 9.13. The predicted molar refractivity (Wildman–Crippen MR) is 118 cm³/mol. The van der Waals surface area contributed by atoms with Gasteiger partial charge < -0.3 is 19.3 Å². The Bertz CT molecular complexity index is 1070. The summed E-state index contributed by atoms with van der Waals surface area (Å²) in [4.78, 5) is 6.99. The molecule has 30 heavy (non-hydrogen) atoms. The summed E-state index contributed by atoms with van der Waals surface area (Å²) in [5.41, 5.74) is 1.84. The van der Waals surface area contributed by atoms with E-state index in [2.05, 4.69) is 11.0 Å². The molecule has 1 saturated heterocycles. The summed E-state index contributed by atoms with van der Waals surface area (Å²) in [6, 6.07) is 15.2. The first-order chi connectivity index (χ1) is 14.5. The highest BCUT2D eigenvalue weighted by molar-refractivity contribution is 6.35. The van der Waals surface area contributed by atoms with Crippen molar-refractivity contribution >= 4 is 40.2 Å². The van der Waals surface area contributed by atoms with Gasteiger partial charge in [0.1, 0.15) is 18.5 Å². The van der Waals surface area contributed by atoms with Gasteiger partial charge in [0.05, 0.1) is 28.7 Å². The summed E-state index contributed by atoms with van der Waals surface area (Å²) >= 11 is 12.1. The zero-order chi connectivity index (χ0) is 21.1. The van der Waals surface area contributed by atoms with Crippen molar-refractivity contribution in [3.63, 3.8) is 0 Å². The third-order valence-corrected chi connectivity index (χ3v) is 5.84. The summed E-state index contributed by atoms with van der Waals surface area (Å²) in [5.74, 6) is 1.40. The van der Waals surface area contributed by atoms with Crippen molar-refractivity contribution in [2.24, 2.45) is 5.92 Å². The van der Waals surface area contributed by atoms with Crippen LogP contribution >= 0.6 is 23.2 Å². The van der Waals surface area contributed by atoms with Crippen molar-refractivity contribution in [1.82, 2.24) is 9.55 Å². The van der Waals surface area contributed by atoms with Crippen LogP contribution in [-0.4, -0.2) is 40.5 Å². The molecule has 156 valence electrons. The lowest BCUT2D eigenvalue weighted by atomic mass is 9.99. The summed E-state index contributed by atoms with van der Waals surface area (Å²) in [6.07, 6.45) is 0.880. The summed E-state index contributed by atoms with van der Waals surface area (Å²) in [5, 5.41) is 20.8. The molecule has 1 N–H and O–H groups in total. The highest BCUT2D eigenvalue weighted by atomic mass is 35.5. The van der Waals surface area contributed by atoms with Crippen LogP contribution in [0.3, 0.4) is 0 Å². The van der Waals surface area contributed by atoms with E-state index in [1.165, 1.54) is 0 Å². The number of hydrogen-bond donors (Lipinski definition) is 1. The molecule has 1 aliphatic rings. The van der Waals surface area contributed by atoms with E-state index in [0.29, 0.717) is 22.3 Å². The standard InChI is InChI=1S/C22H22Cl2N4O2/c23-16-5-6-21(18(24)11-16)30-14-17(29)13-28-20-4-2-1-3-19(20)26-22(28)27-9-7-15(12-25)8-10-27/h1-6,11,15,17,29H,7-10,13-14H2. The fourth-order valence-electron chi connectivity index (χ4n) is 3.73. The molecule has 1 fully saturated rings. The number of hydrogen-bond acceptors (Lipinski definition) is 5. The highest BCUT2D eigenvalue weighted by Crippen LogP contribution is 2.29. The summed E-state index contributed by atoms with van der Waals surface area (Å²) in [6.45, 7) is 1.96. The molecule has 1 atom stereocenters. The van der Waals surface area contributed by atoms with E-state index in [0.717, 1.165) is 42.9 Å². The van der Waals surface area contributed by atoms with Gasteiger partial charge in [-0.3, -0.25) is 0 Å². The normalized spacial score (nSPS) is 15.9. The van der Waals surface area contributed by atoms with E-state index in [-0.39, 0.29) is 12.5 Å². The smallest absolute Gasteiger partial charge is 0.206 e. The van der Waals surface area contributed by atoms with Gasteiger partial charge in [0.2, 0.25) is 5.95 Å². The molecule has 2 heterocycles. The monoisotopic (exact) mass is 444 g/mol. The number of aromatic nitrogens is 2. The van der Waals surface area contributed by atoms with E-state index in [1.54, 1.807) is 18.2 Å². The van der Waals surface area contributed by atoms with E-state index >= 15 is 0 Å². The van der Waals surface area contributed by atoms with Gasteiger partial charge >= 0.3 is 0 Å². The number of rotatable bonds is 6. The Balaban J connectivity index is 1.52. The molecule has 0 aliphatic carbocycles. The molecule has 8 heteroatoms. The first-order valence-electron chi connectivity index (χ1n) is 9.91. The zero-order valence-corrected chi connectivity index (χ0v) is 17.9. The van der Waals surface area contributed by atoms with Crippen molar-refractivity contribution in [1.29, 1.82) is 5.26 Å². The molecule has 0 saturated carbocycles. The number of fused-ring (bicyclic) bond motifs is 1. The van der Waals surface area contributed by atoms with Crippen molar-refractivity contribution in [3.8, 4) is 11.8 Å². The Labute approximate surface area is 185 Å². The third kappa shape index (κ3) is 4.49. The first kappa shape index (κ1) is 20.8. The highest BCUT2D eigenvalue weighted by Gasteiger charge is 2.24. The average molecular weight is 445 g/mol. The van der Waals surface area contributed by atoms with Gasteiger partial charge in [-0.15, -0.1) is 0 Å². The van der Waals surface area contributed by atoms with Gasteiger partial charge in [0.25, 0.3) is 0 Å². The van der Waals surface area contributed by atoms with E-state index in [1.807, 2.05) is 28.8 Å². The molecule has 4 rings (SSSR count). The third-order valence-electron chi connectivity index (χ3n) is 5.31. The maximum atomic E-state index is 10.7. The molecule has 1 aromatic heterocycles. The van der Waals surface area contributed by atoms with Crippen LogP contribution in [0.15, 0.2) is 42.5 Å². The van der Waals surface area contributed by atoms with Gasteiger partial charge in [-0.1, -0.05) is 35.3 Å². The Morgan fingerprint density at radius 2 is 1.97 bits per heavy atom. The molecule has 3 aromatic rings. The molecule has 0 bridgehead atoms. The maximum Gasteiger partial charge on any atom is 0.206 e. The van der Waals surface area contributed by atoms with Crippen LogP contribution in [0.4, 0.5) is 5.95 Å². The molecule has 1 unspecified atom stereocenters. The molecule has 2 aromatic carbocycles. The second-order valence-electron chi connectivity index (χ2n) is 7.44. The lowest BCUT2D eigenvalue weighted by Crippen LogP contribution is -2.36. The van der Waals surface area contributed by atoms with Crippen molar-refractivity contribution in [2.45, 2.75) is 25.5 Å². The van der Waals surface area contributed by atoms with Gasteiger partial charge in [-0.2, -0.15) is 5.26 Å². The SMILES string of the molecule is N#CC1CCN(c2nc3ccccc3n2CC(O)COc2ccc(Cl)cc2Cl)CC1. The minimum atomic E-state index is -0.759. The maximum absolute atomic E-state index is 10.7. The number of anilines is 1. The Kier molecular flexibility index (Phi) is 6.33. The van der Waals surface area contributed by atoms with Crippen molar-refractivity contribution < 1.29 is 9.84 Å². The van der Waals surface area contributed by atoms with Crippen LogP contribution in [0.5, 0.6) is 5.75 Å². The molecule has 0 amide bonds. The van der Waals surface area contributed by atoms with E-state index in [4.69, 9.17) is 32.9 Å². The number of aliphatic hydroxyl groups excluding tert-OH is 1. The number of imidazole rings is 1. The van der Waals surface area contributed by atoms with Crippen LogP contribution in [0.2, 0.25) is 10.0 Å². The number of para-hydroxylation sites is 2. The Morgan fingerprint density at radius 1 is 1.20 bits per heavy atom. The summed E-state index contributed by atoms with van der Waals surface area (Å²) < 4.78 is 7.73. The van der Waals surface area contributed by atoms with Gasteiger partial charge in [0, 0.05) is 24.0 Å². The molecule has 1 aliphatic heterocycles. The summed E-state index contributed by atoms with van der Waals surface area (Å²) in [7, 11) is 0. The fraction of sp³-hybridized carbons (Fsp3) is 0.364. The molecule has 0 radical (unpaired) electrons. The van der Waals surface area contributed by atoms with E-state index < -0.39 is 6.10 Å². The Hall–Kier alpha value is -2.46. The van der Waals surface area contributed by atoms with Crippen molar-refractivity contribution in [2.75, 3.05) is 24.6 Å². The Morgan fingerprint density at radius 3 is 2.70 bits per heavy atom. The zero-order valence-electron chi connectivity index (χ0n) is 16.3. The second-order valence-corrected chi connectivity index (χ2v) is 8.28. The van der Waals surface area contributed by atoms with Gasteiger partial charge in [-0.25, -0.2) is 4.98 Å². The number of piperidine rings is 1. The molecular formula is C22H22Cl2N4O2.